The van der Waals surface area contributed by atoms with Crippen molar-refractivity contribution < 1.29 is 0 Å². The second kappa shape index (κ2) is 4.00. The van der Waals surface area contributed by atoms with E-state index in [1.807, 2.05) is 6.20 Å². The van der Waals surface area contributed by atoms with Crippen LogP contribution in [0.15, 0.2) is 30.5 Å². The van der Waals surface area contributed by atoms with E-state index in [9.17, 15) is 0 Å². The molecule has 0 fully saturated rings. The normalized spacial score (nSPS) is 19.1. The zero-order chi connectivity index (χ0) is 11.8. The number of rotatable bonds is 1. The molecule has 1 aromatic carbocycles. The number of aryl methyl sites for hydroxylation is 1. The quantitative estimate of drug-likeness (QED) is 0.811. The van der Waals surface area contributed by atoms with Crippen LogP contribution >= 0.6 is 0 Å². The van der Waals surface area contributed by atoms with Gasteiger partial charge in [0, 0.05) is 36.5 Å². The highest BCUT2D eigenvalue weighted by molar-refractivity contribution is 5.57. The van der Waals surface area contributed by atoms with Gasteiger partial charge in [-0.2, -0.15) is 0 Å². The van der Waals surface area contributed by atoms with Crippen molar-refractivity contribution in [2.75, 3.05) is 0 Å². The first kappa shape index (κ1) is 10.5. The van der Waals surface area contributed by atoms with Crippen LogP contribution in [0.3, 0.4) is 0 Å². The van der Waals surface area contributed by atoms with Gasteiger partial charge in [0.25, 0.3) is 0 Å². The summed E-state index contributed by atoms with van der Waals surface area (Å²) >= 11 is 0. The van der Waals surface area contributed by atoms with E-state index in [-0.39, 0.29) is 0 Å². The first-order valence-corrected chi connectivity index (χ1v) is 6.11. The molecule has 0 radical (unpaired) electrons. The topological polar surface area (TPSA) is 43.8 Å². The molecule has 0 saturated carbocycles. The maximum atomic E-state index is 5.98. The molecule has 0 bridgehead atoms. The SMILES string of the molecule is Cc1cccc(-c2ncc3n2CCC(N)C3)c1. The van der Waals surface area contributed by atoms with Crippen molar-refractivity contribution in [2.24, 2.45) is 5.73 Å². The van der Waals surface area contributed by atoms with Crippen LogP contribution in [0.2, 0.25) is 0 Å². The largest absolute Gasteiger partial charge is 0.328 e. The highest BCUT2D eigenvalue weighted by atomic mass is 15.1. The van der Waals surface area contributed by atoms with E-state index in [4.69, 9.17) is 5.73 Å². The molecule has 1 atom stereocenters. The third-order valence-corrected chi connectivity index (χ3v) is 3.41. The number of fused-ring (bicyclic) bond motifs is 1. The van der Waals surface area contributed by atoms with E-state index >= 15 is 0 Å². The first-order chi connectivity index (χ1) is 8.24. The Morgan fingerprint density at radius 3 is 3.12 bits per heavy atom. The number of imidazole rings is 1. The number of hydrogen-bond acceptors (Lipinski definition) is 2. The second-order valence-electron chi connectivity index (χ2n) is 4.85. The van der Waals surface area contributed by atoms with Crippen molar-refractivity contribution in [2.45, 2.75) is 32.4 Å². The van der Waals surface area contributed by atoms with E-state index < -0.39 is 0 Å². The zero-order valence-electron chi connectivity index (χ0n) is 10.1. The van der Waals surface area contributed by atoms with Gasteiger partial charge < -0.3 is 10.3 Å². The van der Waals surface area contributed by atoms with E-state index in [1.165, 1.54) is 16.8 Å². The summed E-state index contributed by atoms with van der Waals surface area (Å²) in [5.41, 5.74) is 9.72. The van der Waals surface area contributed by atoms with Crippen LogP contribution in [-0.2, 0) is 13.0 Å². The van der Waals surface area contributed by atoms with Crippen molar-refractivity contribution in [3.63, 3.8) is 0 Å². The smallest absolute Gasteiger partial charge is 0.140 e. The molecule has 88 valence electrons. The summed E-state index contributed by atoms with van der Waals surface area (Å²) in [7, 11) is 0. The highest BCUT2D eigenvalue weighted by Gasteiger charge is 2.19. The molecule has 1 aliphatic heterocycles. The maximum Gasteiger partial charge on any atom is 0.140 e. The van der Waals surface area contributed by atoms with Gasteiger partial charge in [-0.05, 0) is 19.4 Å². The van der Waals surface area contributed by atoms with Gasteiger partial charge in [-0.3, -0.25) is 0 Å². The molecular weight excluding hydrogens is 210 g/mol. The van der Waals surface area contributed by atoms with Gasteiger partial charge in [0.1, 0.15) is 5.82 Å². The van der Waals surface area contributed by atoms with Gasteiger partial charge in [0.05, 0.1) is 0 Å². The van der Waals surface area contributed by atoms with Crippen LogP contribution in [0, 0.1) is 6.92 Å². The lowest BCUT2D eigenvalue weighted by molar-refractivity contribution is 0.474. The molecule has 1 aliphatic rings. The van der Waals surface area contributed by atoms with Crippen LogP contribution in [0.5, 0.6) is 0 Å². The Bertz CT molecular complexity index is 542. The molecule has 0 spiro atoms. The Balaban J connectivity index is 2.05. The first-order valence-electron chi connectivity index (χ1n) is 6.11. The van der Waals surface area contributed by atoms with Crippen molar-refractivity contribution in [1.82, 2.24) is 9.55 Å². The molecule has 3 heteroatoms. The van der Waals surface area contributed by atoms with Crippen LogP contribution in [0.4, 0.5) is 0 Å². The van der Waals surface area contributed by atoms with Gasteiger partial charge in [-0.25, -0.2) is 4.98 Å². The predicted molar refractivity (Wildman–Crippen MR) is 68.7 cm³/mol. The lowest BCUT2D eigenvalue weighted by Crippen LogP contribution is -2.30. The third kappa shape index (κ3) is 1.87. The summed E-state index contributed by atoms with van der Waals surface area (Å²) in [6.07, 6.45) is 3.96. The molecular formula is C14H17N3. The Morgan fingerprint density at radius 2 is 2.29 bits per heavy atom. The number of nitrogens with zero attached hydrogens (tertiary/aromatic N) is 2. The van der Waals surface area contributed by atoms with Gasteiger partial charge in [-0.1, -0.05) is 23.8 Å². The van der Waals surface area contributed by atoms with Gasteiger partial charge >= 0.3 is 0 Å². The Labute approximate surface area is 101 Å². The van der Waals surface area contributed by atoms with Gasteiger partial charge in [0.2, 0.25) is 0 Å². The Kier molecular flexibility index (Phi) is 2.48. The highest BCUT2D eigenvalue weighted by Crippen LogP contribution is 2.24. The lowest BCUT2D eigenvalue weighted by Gasteiger charge is -2.21. The van der Waals surface area contributed by atoms with Gasteiger partial charge in [-0.15, -0.1) is 0 Å². The summed E-state index contributed by atoms with van der Waals surface area (Å²) < 4.78 is 2.30. The molecule has 17 heavy (non-hydrogen) atoms. The number of nitrogens with two attached hydrogens (primary N) is 1. The van der Waals surface area contributed by atoms with Crippen molar-refractivity contribution in [3.8, 4) is 11.4 Å². The molecule has 3 rings (SSSR count). The summed E-state index contributed by atoms with van der Waals surface area (Å²) in [6.45, 7) is 3.10. The van der Waals surface area contributed by atoms with E-state index in [1.54, 1.807) is 0 Å². The fourth-order valence-corrected chi connectivity index (χ4v) is 2.50. The lowest BCUT2D eigenvalue weighted by atomic mass is 10.1. The average Bonchev–Trinajstić information content (AvgIpc) is 2.71. The molecule has 1 unspecified atom stereocenters. The fourth-order valence-electron chi connectivity index (χ4n) is 2.50. The molecule has 0 amide bonds. The summed E-state index contributed by atoms with van der Waals surface area (Å²) in [5, 5.41) is 0. The standard InChI is InChI=1S/C14H17N3/c1-10-3-2-4-11(7-10)14-16-9-13-8-12(15)5-6-17(13)14/h2-4,7,9,12H,5-6,8,15H2,1H3. The van der Waals surface area contributed by atoms with Crippen LogP contribution in [-0.4, -0.2) is 15.6 Å². The van der Waals surface area contributed by atoms with E-state index in [2.05, 4.69) is 40.7 Å². The summed E-state index contributed by atoms with van der Waals surface area (Å²) in [4.78, 5) is 4.55. The van der Waals surface area contributed by atoms with Crippen molar-refractivity contribution in [3.05, 3.63) is 41.7 Å². The maximum absolute atomic E-state index is 5.98. The fraction of sp³-hybridized carbons (Fsp3) is 0.357. The Hall–Kier alpha value is -1.61. The van der Waals surface area contributed by atoms with Crippen molar-refractivity contribution >= 4 is 0 Å². The van der Waals surface area contributed by atoms with Crippen LogP contribution in [0.25, 0.3) is 11.4 Å². The predicted octanol–water partition coefficient (Wildman–Crippen LogP) is 2.13. The van der Waals surface area contributed by atoms with Crippen LogP contribution < -0.4 is 5.73 Å². The minimum Gasteiger partial charge on any atom is -0.328 e. The molecule has 2 heterocycles. The molecule has 3 nitrogen and oxygen atoms in total. The van der Waals surface area contributed by atoms with Gasteiger partial charge in [0.15, 0.2) is 0 Å². The van der Waals surface area contributed by atoms with Crippen LogP contribution in [0.1, 0.15) is 17.7 Å². The van der Waals surface area contributed by atoms with Crippen molar-refractivity contribution in [1.29, 1.82) is 0 Å². The minimum absolute atomic E-state index is 0.296. The number of hydrogen-bond donors (Lipinski definition) is 1. The number of benzene rings is 1. The molecule has 0 aliphatic carbocycles. The molecule has 2 aromatic rings. The monoisotopic (exact) mass is 227 g/mol. The molecule has 2 N–H and O–H groups in total. The second-order valence-corrected chi connectivity index (χ2v) is 4.85. The molecule has 0 saturated heterocycles. The zero-order valence-corrected chi connectivity index (χ0v) is 10.1. The van der Waals surface area contributed by atoms with E-state index in [0.29, 0.717) is 6.04 Å². The summed E-state index contributed by atoms with van der Waals surface area (Å²) in [6, 6.07) is 8.80. The average molecular weight is 227 g/mol. The Morgan fingerprint density at radius 1 is 1.41 bits per heavy atom. The number of aromatic nitrogens is 2. The summed E-state index contributed by atoms with van der Waals surface area (Å²) in [5.74, 6) is 1.08. The minimum atomic E-state index is 0.296. The van der Waals surface area contributed by atoms with E-state index in [0.717, 1.165) is 25.2 Å². The molecule has 1 aromatic heterocycles. The third-order valence-electron chi connectivity index (χ3n) is 3.41.